The topological polar surface area (TPSA) is 216 Å². The molecule has 0 saturated carbocycles. The van der Waals surface area contributed by atoms with Gasteiger partial charge in [0.15, 0.2) is 0 Å². The lowest BCUT2D eigenvalue weighted by molar-refractivity contribution is -0.138. The molecule has 0 heterocycles. The maximum absolute atomic E-state index is 10.1. The quantitative estimate of drug-likeness (QED) is 0.303. The zero-order chi connectivity index (χ0) is 14.9. The molecule has 1 atom stereocenters. The lowest BCUT2D eigenvalue weighted by atomic mass is 10.2. The van der Waals surface area contributed by atoms with Crippen LogP contribution in [0.25, 0.3) is 0 Å². The first-order chi connectivity index (χ1) is 7.95. The second kappa shape index (κ2) is 8.42. The van der Waals surface area contributed by atoms with Gasteiger partial charge in [0, 0.05) is 6.42 Å². The minimum Gasteiger partial charge on any atom is -0.480 e. The molecule has 0 aliphatic carbocycles. The first-order valence-electron chi connectivity index (χ1n) is 4.27. The highest BCUT2D eigenvalue weighted by atomic mass is 31.2. The van der Waals surface area contributed by atoms with Gasteiger partial charge >= 0.3 is 19.9 Å². The maximum Gasteiger partial charge on any atom is 0.528 e. The maximum atomic E-state index is 10.1. The average Bonchev–Trinajstić information content (AvgIpc) is 2.10. The summed E-state index contributed by atoms with van der Waals surface area (Å²) in [5.41, 5.74) is 14.0. The van der Waals surface area contributed by atoms with Gasteiger partial charge in [-0.25, -0.2) is 9.36 Å². The second-order valence-electron chi connectivity index (χ2n) is 2.85. The highest BCUT2D eigenvalue weighted by Gasteiger charge is 2.17. The van der Waals surface area contributed by atoms with Crippen molar-refractivity contribution in [3.8, 4) is 0 Å². The van der Waals surface area contributed by atoms with Crippen molar-refractivity contribution in [3.63, 3.8) is 0 Å². The van der Waals surface area contributed by atoms with Crippen LogP contribution in [-0.2, 0) is 18.7 Å². The SMILES string of the molecule is NC(=O)CCC(N)C(=O)O.NC(=O)OP(=O)(O)O. The summed E-state index contributed by atoms with van der Waals surface area (Å²) in [5, 5.41) is 8.22. The van der Waals surface area contributed by atoms with Crippen LogP contribution in [0.5, 0.6) is 0 Å². The van der Waals surface area contributed by atoms with Gasteiger partial charge in [0.25, 0.3) is 0 Å². The smallest absolute Gasteiger partial charge is 0.480 e. The summed E-state index contributed by atoms with van der Waals surface area (Å²) in [7, 11) is -4.70. The number of aliphatic carboxylic acids is 1. The molecular weight excluding hydrogens is 273 g/mol. The Morgan fingerprint density at radius 2 is 1.67 bits per heavy atom. The highest BCUT2D eigenvalue weighted by Crippen LogP contribution is 2.35. The number of amides is 2. The minimum absolute atomic E-state index is 0.0213. The fourth-order valence-electron chi connectivity index (χ4n) is 0.538. The van der Waals surface area contributed by atoms with Crippen LogP contribution < -0.4 is 17.2 Å². The Balaban J connectivity index is 0. The number of rotatable bonds is 5. The van der Waals surface area contributed by atoms with Crippen LogP contribution in [0.1, 0.15) is 12.8 Å². The Hall–Kier alpha value is -1.68. The van der Waals surface area contributed by atoms with Crippen LogP contribution >= 0.6 is 7.82 Å². The molecule has 1 unspecified atom stereocenters. The summed E-state index contributed by atoms with van der Waals surface area (Å²) in [6.45, 7) is 0. The number of carbonyl (C=O) groups excluding carboxylic acids is 2. The van der Waals surface area contributed by atoms with E-state index in [2.05, 4.69) is 10.3 Å². The number of primary amides is 2. The zero-order valence-corrected chi connectivity index (χ0v) is 9.95. The standard InChI is InChI=1S/C5H10N2O3.CH4NO5P/c6-3(5(9)10)1-2-4(7)8;2-1(3)7-8(4,5)6/h3H,1-2,6H2,(H2,7,8)(H,9,10);(H2,2,3)(H2,4,5,6). The number of nitrogens with two attached hydrogens (primary N) is 3. The van der Waals surface area contributed by atoms with Gasteiger partial charge in [-0.1, -0.05) is 0 Å². The van der Waals surface area contributed by atoms with Crippen molar-refractivity contribution < 1.29 is 38.4 Å². The number of carbonyl (C=O) groups is 3. The van der Waals surface area contributed by atoms with E-state index in [1.807, 2.05) is 0 Å². The fourth-order valence-corrected chi connectivity index (χ4v) is 0.773. The van der Waals surface area contributed by atoms with E-state index < -0.39 is 31.8 Å². The van der Waals surface area contributed by atoms with E-state index in [0.717, 1.165) is 0 Å². The van der Waals surface area contributed by atoms with Crippen molar-refractivity contribution in [2.75, 3.05) is 0 Å². The van der Waals surface area contributed by atoms with Gasteiger partial charge < -0.3 is 26.8 Å². The molecule has 0 radical (unpaired) electrons. The summed E-state index contributed by atoms with van der Waals surface area (Å²) in [6.07, 6.45) is -1.36. The normalized spacial score (nSPS) is 11.7. The van der Waals surface area contributed by atoms with Gasteiger partial charge in [0.2, 0.25) is 5.91 Å². The summed E-state index contributed by atoms with van der Waals surface area (Å²) >= 11 is 0. The third kappa shape index (κ3) is 16.7. The van der Waals surface area contributed by atoms with E-state index >= 15 is 0 Å². The third-order valence-electron chi connectivity index (χ3n) is 1.23. The average molecular weight is 287 g/mol. The first-order valence-corrected chi connectivity index (χ1v) is 5.80. The first kappa shape index (κ1) is 18.7. The molecule has 18 heavy (non-hydrogen) atoms. The van der Waals surface area contributed by atoms with Gasteiger partial charge in [0.1, 0.15) is 6.04 Å². The van der Waals surface area contributed by atoms with Crippen molar-refractivity contribution in [1.29, 1.82) is 0 Å². The number of hydrogen-bond acceptors (Lipinski definition) is 6. The lowest BCUT2D eigenvalue weighted by Crippen LogP contribution is -2.31. The van der Waals surface area contributed by atoms with Crippen molar-refractivity contribution in [2.45, 2.75) is 18.9 Å². The molecule has 9 N–H and O–H groups in total. The molecule has 0 fully saturated rings. The highest BCUT2D eigenvalue weighted by molar-refractivity contribution is 7.46. The Morgan fingerprint density at radius 1 is 1.22 bits per heavy atom. The molecule has 0 aromatic rings. The largest absolute Gasteiger partial charge is 0.528 e. The van der Waals surface area contributed by atoms with E-state index in [1.54, 1.807) is 0 Å². The summed E-state index contributed by atoms with van der Waals surface area (Å²) < 4.78 is 12.9. The van der Waals surface area contributed by atoms with Crippen LogP contribution in [0.4, 0.5) is 4.79 Å². The molecule has 0 saturated heterocycles. The molecule has 0 bridgehead atoms. The Labute approximate surface area is 101 Å². The molecule has 0 aromatic carbocycles. The summed E-state index contributed by atoms with van der Waals surface area (Å²) in [6, 6.07) is -0.979. The Kier molecular flexibility index (Phi) is 8.73. The number of carboxylic acid groups (broad SMARTS) is 1. The predicted octanol–water partition coefficient (Wildman–Crippen LogP) is -2.16. The molecular formula is C6H14N3O8P. The molecule has 106 valence electrons. The van der Waals surface area contributed by atoms with E-state index in [-0.39, 0.29) is 12.8 Å². The van der Waals surface area contributed by atoms with Crippen LogP contribution in [0, 0.1) is 0 Å². The fraction of sp³-hybridized carbons (Fsp3) is 0.500. The Morgan fingerprint density at radius 3 is 1.83 bits per heavy atom. The second-order valence-corrected chi connectivity index (χ2v) is 4.01. The minimum atomic E-state index is -4.70. The summed E-state index contributed by atoms with van der Waals surface area (Å²) in [5.74, 6) is -1.64. The van der Waals surface area contributed by atoms with Crippen LogP contribution in [0.3, 0.4) is 0 Å². The van der Waals surface area contributed by atoms with Crippen molar-refractivity contribution in [3.05, 3.63) is 0 Å². The Bertz CT molecular complexity index is 353. The molecule has 0 aromatic heterocycles. The van der Waals surface area contributed by atoms with Crippen LogP contribution in [0.2, 0.25) is 0 Å². The van der Waals surface area contributed by atoms with Crippen molar-refractivity contribution >= 4 is 25.8 Å². The van der Waals surface area contributed by atoms with Gasteiger partial charge in [-0.05, 0) is 6.42 Å². The van der Waals surface area contributed by atoms with E-state index in [4.69, 9.17) is 26.4 Å². The van der Waals surface area contributed by atoms with E-state index in [9.17, 15) is 18.9 Å². The van der Waals surface area contributed by atoms with Crippen LogP contribution in [0.15, 0.2) is 0 Å². The molecule has 0 aliphatic heterocycles. The van der Waals surface area contributed by atoms with Crippen molar-refractivity contribution in [1.82, 2.24) is 0 Å². The zero-order valence-electron chi connectivity index (χ0n) is 9.05. The number of hydrogen-bond donors (Lipinski definition) is 6. The molecule has 0 spiro atoms. The molecule has 11 nitrogen and oxygen atoms in total. The van der Waals surface area contributed by atoms with Gasteiger partial charge in [-0.15, -0.1) is 0 Å². The van der Waals surface area contributed by atoms with Gasteiger partial charge in [-0.3, -0.25) is 19.4 Å². The van der Waals surface area contributed by atoms with Gasteiger partial charge in [-0.2, -0.15) is 0 Å². The molecule has 0 rings (SSSR count). The number of carboxylic acids is 1. The predicted molar refractivity (Wildman–Crippen MR) is 56.8 cm³/mol. The molecule has 0 aliphatic rings. The van der Waals surface area contributed by atoms with E-state index in [0.29, 0.717) is 0 Å². The monoisotopic (exact) mass is 287 g/mol. The third-order valence-corrected chi connectivity index (χ3v) is 1.65. The van der Waals surface area contributed by atoms with Gasteiger partial charge in [0.05, 0.1) is 0 Å². The van der Waals surface area contributed by atoms with Crippen molar-refractivity contribution in [2.24, 2.45) is 17.2 Å². The molecule has 12 heteroatoms. The number of phosphoric acid groups is 1. The summed E-state index contributed by atoms with van der Waals surface area (Å²) in [4.78, 5) is 45.2. The molecule has 2 amide bonds. The van der Waals surface area contributed by atoms with E-state index in [1.165, 1.54) is 0 Å². The van der Waals surface area contributed by atoms with Crippen LogP contribution in [-0.4, -0.2) is 38.9 Å². The lowest BCUT2D eigenvalue weighted by Gasteiger charge is -2.01. The number of phosphoric ester groups is 1.